The maximum atomic E-state index is 11.8. The minimum atomic E-state index is 0.0866. The molecule has 1 heterocycles. The summed E-state index contributed by atoms with van der Waals surface area (Å²) in [5.74, 6) is 0. The van der Waals surface area contributed by atoms with Gasteiger partial charge in [0.05, 0.1) is 0 Å². The quantitative estimate of drug-likeness (QED) is 0.723. The second-order valence-electron chi connectivity index (χ2n) is 5.87. The molecule has 1 aliphatic rings. The molecular weight excluding hydrogens is 246 g/mol. The van der Waals surface area contributed by atoms with Gasteiger partial charge in [0.2, 0.25) is 0 Å². The summed E-state index contributed by atoms with van der Waals surface area (Å²) in [5.41, 5.74) is 6.25. The van der Waals surface area contributed by atoms with Gasteiger partial charge in [0.15, 0.2) is 0 Å². The zero-order valence-electron chi connectivity index (χ0n) is 12.3. The molecule has 0 fully saturated rings. The van der Waals surface area contributed by atoms with Crippen LogP contribution in [0.4, 0.5) is 0 Å². The molecule has 0 amide bonds. The second-order valence-corrected chi connectivity index (χ2v) is 5.87. The van der Waals surface area contributed by atoms with Gasteiger partial charge >= 0.3 is 0 Å². The average Bonchev–Trinajstić information content (AvgIpc) is 2.68. The highest BCUT2D eigenvalue weighted by atomic mass is 16.1. The predicted octanol–water partition coefficient (Wildman–Crippen LogP) is 3.63. The lowest BCUT2D eigenvalue weighted by atomic mass is 9.97. The number of hydrogen-bond acceptors (Lipinski definition) is 1. The number of aromatic nitrogens is 1. The molecule has 0 atom stereocenters. The van der Waals surface area contributed by atoms with Crippen LogP contribution in [0.1, 0.15) is 36.0 Å². The monoisotopic (exact) mass is 267 g/mol. The van der Waals surface area contributed by atoms with Crippen molar-refractivity contribution in [3.05, 3.63) is 57.5 Å². The molecule has 20 heavy (non-hydrogen) atoms. The smallest absolute Gasteiger partial charge is 0.253 e. The van der Waals surface area contributed by atoms with Crippen molar-refractivity contribution in [1.82, 2.24) is 4.57 Å². The van der Waals surface area contributed by atoms with Crippen LogP contribution in [-0.2, 0) is 19.9 Å². The molecule has 2 aromatic rings. The number of rotatable bonds is 1. The third kappa shape index (κ3) is 2.43. The fraction of sp³-hybridized carbons (Fsp3) is 0.389. The van der Waals surface area contributed by atoms with E-state index in [2.05, 4.69) is 18.2 Å². The van der Waals surface area contributed by atoms with Crippen molar-refractivity contribution >= 4 is 0 Å². The first kappa shape index (κ1) is 13.2. The van der Waals surface area contributed by atoms with Gasteiger partial charge in [-0.15, -0.1) is 0 Å². The van der Waals surface area contributed by atoms with Crippen LogP contribution in [0, 0.1) is 6.92 Å². The summed E-state index contributed by atoms with van der Waals surface area (Å²) >= 11 is 0. The Kier molecular flexibility index (Phi) is 3.47. The molecule has 0 spiro atoms. The highest BCUT2D eigenvalue weighted by molar-refractivity contribution is 5.65. The Hall–Kier alpha value is -1.83. The highest BCUT2D eigenvalue weighted by Gasteiger charge is 2.10. The molecule has 0 N–H and O–H groups in total. The molecule has 3 rings (SSSR count). The Morgan fingerprint density at radius 2 is 1.70 bits per heavy atom. The minimum Gasteiger partial charge on any atom is -0.318 e. The molecule has 1 aromatic carbocycles. The topological polar surface area (TPSA) is 22.0 Å². The normalized spacial score (nSPS) is 14.7. The lowest BCUT2D eigenvalue weighted by molar-refractivity contribution is 0.711. The summed E-state index contributed by atoms with van der Waals surface area (Å²) in [6.07, 6.45) is 8.28. The van der Waals surface area contributed by atoms with Gasteiger partial charge < -0.3 is 4.57 Å². The van der Waals surface area contributed by atoms with E-state index in [9.17, 15) is 4.79 Å². The first-order valence-electron chi connectivity index (χ1n) is 7.44. The van der Waals surface area contributed by atoms with Crippen molar-refractivity contribution in [1.29, 1.82) is 0 Å². The molecule has 0 unspecified atom stereocenters. The summed E-state index contributed by atoms with van der Waals surface area (Å²) < 4.78 is 1.68. The van der Waals surface area contributed by atoms with Gasteiger partial charge in [-0.05, 0) is 60.9 Å². The van der Waals surface area contributed by atoms with Gasteiger partial charge in [-0.3, -0.25) is 4.79 Å². The first-order chi connectivity index (χ1) is 9.65. The van der Waals surface area contributed by atoms with E-state index in [-0.39, 0.29) is 5.56 Å². The van der Waals surface area contributed by atoms with Crippen molar-refractivity contribution in [2.45, 2.75) is 39.0 Å². The molecule has 0 aliphatic heterocycles. The third-order valence-electron chi connectivity index (χ3n) is 4.29. The molecular formula is C18H21NO. The number of benzene rings is 1. The largest absolute Gasteiger partial charge is 0.318 e. The van der Waals surface area contributed by atoms with Crippen molar-refractivity contribution in [2.24, 2.45) is 7.05 Å². The standard InChI is InChI=1S/C18H21NO/c1-13-10-17(12-19(2)18(13)20)16-9-8-14-6-4-3-5-7-15(14)11-16/h8-12H,3-7H2,1-2H3. The lowest BCUT2D eigenvalue weighted by Crippen LogP contribution is -2.18. The fourth-order valence-corrected chi connectivity index (χ4v) is 3.13. The van der Waals surface area contributed by atoms with Gasteiger partial charge in [0.25, 0.3) is 5.56 Å². The molecule has 0 radical (unpaired) electrons. The van der Waals surface area contributed by atoms with Crippen molar-refractivity contribution in [3.8, 4) is 11.1 Å². The van der Waals surface area contributed by atoms with Crippen LogP contribution < -0.4 is 5.56 Å². The predicted molar refractivity (Wildman–Crippen MR) is 83.1 cm³/mol. The van der Waals surface area contributed by atoms with Crippen LogP contribution in [0.5, 0.6) is 0 Å². The molecule has 1 aromatic heterocycles. The zero-order chi connectivity index (χ0) is 14.1. The van der Waals surface area contributed by atoms with Gasteiger partial charge in [-0.1, -0.05) is 24.6 Å². The van der Waals surface area contributed by atoms with Gasteiger partial charge in [0.1, 0.15) is 0 Å². The van der Waals surface area contributed by atoms with Crippen molar-refractivity contribution < 1.29 is 0 Å². The van der Waals surface area contributed by atoms with Crippen LogP contribution in [0.15, 0.2) is 35.3 Å². The van der Waals surface area contributed by atoms with Crippen LogP contribution in [0.25, 0.3) is 11.1 Å². The number of nitrogens with zero attached hydrogens (tertiary/aromatic N) is 1. The zero-order valence-corrected chi connectivity index (χ0v) is 12.3. The summed E-state index contributed by atoms with van der Waals surface area (Å²) in [7, 11) is 1.82. The van der Waals surface area contributed by atoms with E-state index in [0.29, 0.717) is 0 Å². The molecule has 0 saturated heterocycles. The fourth-order valence-electron chi connectivity index (χ4n) is 3.13. The summed E-state index contributed by atoms with van der Waals surface area (Å²) in [4.78, 5) is 11.8. The molecule has 104 valence electrons. The Morgan fingerprint density at radius 1 is 0.950 bits per heavy atom. The summed E-state index contributed by atoms with van der Waals surface area (Å²) in [6.45, 7) is 1.88. The first-order valence-corrected chi connectivity index (χ1v) is 7.44. The van der Waals surface area contributed by atoms with E-state index in [1.165, 1.54) is 48.8 Å². The minimum absolute atomic E-state index is 0.0866. The van der Waals surface area contributed by atoms with Gasteiger partial charge in [0, 0.05) is 18.8 Å². The van der Waals surface area contributed by atoms with Crippen molar-refractivity contribution in [2.75, 3.05) is 0 Å². The van der Waals surface area contributed by atoms with E-state index in [0.717, 1.165) is 11.1 Å². The van der Waals surface area contributed by atoms with E-state index >= 15 is 0 Å². The highest BCUT2D eigenvalue weighted by Crippen LogP contribution is 2.26. The third-order valence-corrected chi connectivity index (χ3v) is 4.29. The Labute approximate surface area is 120 Å². The summed E-state index contributed by atoms with van der Waals surface area (Å²) in [5, 5.41) is 0. The van der Waals surface area contributed by atoms with Crippen molar-refractivity contribution in [3.63, 3.8) is 0 Å². The van der Waals surface area contributed by atoms with Crippen LogP contribution >= 0.6 is 0 Å². The Morgan fingerprint density at radius 3 is 2.45 bits per heavy atom. The average molecular weight is 267 g/mol. The lowest BCUT2D eigenvalue weighted by Gasteiger charge is -2.11. The maximum absolute atomic E-state index is 11.8. The Balaban J connectivity index is 2.07. The molecule has 0 bridgehead atoms. The second kappa shape index (κ2) is 5.28. The van der Waals surface area contributed by atoms with E-state index in [4.69, 9.17) is 0 Å². The van der Waals surface area contributed by atoms with Crippen LogP contribution in [0.3, 0.4) is 0 Å². The molecule has 0 saturated carbocycles. The Bertz CT molecular complexity index is 671. The van der Waals surface area contributed by atoms with Crippen LogP contribution in [0.2, 0.25) is 0 Å². The number of fused-ring (bicyclic) bond motifs is 1. The molecule has 2 nitrogen and oxygen atoms in total. The number of hydrogen-bond donors (Lipinski definition) is 0. The number of pyridine rings is 1. The van der Waals surface area contributed by atoms with E-state index in [1.54, 1.807) is 4.57 Å². The molecule has 2 heteroatoms. The van der Waals surface area contributed by atoms with E-state index < -0.39 is 0 Å². The SMILES string of the molecule is Cc1cc(-c2ccc3c(c2)CCCCC3)cn(C)c1=O. The van der Waals surface area contributed by atoms with Gasteiger partial charge in [-0.25, -0.2) is 0 Å². The van der Waals surface area contributed by atoms with Gasteiger partial charge in [-0.2, -0.15) is 0 Å². The molecule has 1 aliphatic carbocycles. The summed E-state index contributed by atoms with van der Waals surface area (Å²) in [6, 6.07) is 8.79. The van der Waals surface area contributed by atoms with Crippen LogP contribution in [-0.4, -0.2) is 4.57 Å². The number of aryl methyl sites for hydroxylation is 4. The maximum Gasteiger partial charge on any atom is 0.253 e. The van der Waals surface area contributed by atoms with E-state index in [1.807, 2.05) is 26.2 Å².